The van der Waals surface area contributed by atoms with Crippen molar-refractivity contribution in [1.82, 2.24) is 10.2 Å². The van der Waals surface area contributed by atoms with Gasteiger partial charge in [-0.2, -0.15) is 0 Å². The van der Waals surface area contributed by atoms with Gasteiger partial charge in [0, 0.05) is 11.7 Å². The molecule has 2 aromatic rings. The largest absolute Gasteiger partial charge is 0.444 e. The van der Waals surface area contributed by atoms with Crippen LogP contribution in [0.3, 0.4) is 0 Å². The lowest BCUT2D eigenvalue weighted by atomic mass is 9.94. The summed E-state index contributed by atoms with van der Waals surface area (Å²) in [7, 11) is 0. The third kappa shape index (κ3) is 6.61. The Balaban J connectivity index is 2.42. The molecule has 7 nitrogen and oxygen atoms in total. The topological polar surface area (TPSA) is 87.7 Å². The summed E-state index contributed by atoms with van der Waals surface area (Å²) in [5, 5.41) is 5.37. The monoisotopic (exact) mass is 463 g/mol. The van der Waals surface area contributed by atoms with Crippen LogP contribution in [0.25, 0.3) is 0 Å². The maximum absolute atomic E-state index is 13.6. The number of hydrogen-bond acceptors (Lipinski definition) is 4. The van der Waals surface area contributed by atoms with Crippen LogP contribution in [0.4, 0.5) is 10.5 Å². The van der Waals surface area contributed by atoms with E-state index in [1.165, 1.54) is 0 Å². The highest BCUT2D eigenvalue weighted by molar-refractivity contribution is 6.00. The highest BCUT2D eigenvalue weighted by atomic mass is 16.6. The number of anilines is 1. The molecule has 2 N–H and O–H groups in total. The summed E-state index contributed by atoms with van der Waals surface area (Å²) in [4.78, 5) is 39.8. The van der Waals surface area contributed by atoms with Crippen molar-refractivity contribution < 1.29 is 19.1 Å². The van der Waals surface area contributed by atoms with Gasteiger partial charge in [-0.3, -0.25) is 14.5 Å². The van der Waals surface area contributed by atoms with Crippen LogP contribution in [0.15, 0.2) is 36.4 Å². The Morgan fingerprint density at radius 3 is 1.94 bits per heavy atom. The second-order valence-corrected chi connectivity index (χ2v) is 9.21. The van der Waals surface area contributed by atoms with Crippen LogP contribution >= 0.6 is 0 Å². The first-order valence-electron chi connectivity index (χ1n) is 11.0. The van der Waals surface area contributed by atoms with E-state index in [-0.39, 0.29) is 0 Å². The highest BCUT2D eigenvalue weighted by Crippen LogP contribution is 2.30. The van der Waals surface area contributed by atoms with Crippen LogP contribution in [0.1, 0.15) is 54.6 Å². The predicted octanol–water partition coefficient (Wildman–Crippen LogP) is 4.54. The average molecular weight is 464 g/mol. The van der Waals surface area contributed by atoms with Crippen molar-refractivity contribution in [2.24, 2.45) is 0 Å². The first-order valence-corrected chi connectivity index (χ1v) is 11.0. The molecule has 2 aromatic carbocycles. The standard InChI is InChI=1S/C27H33N3O4/c1-9-30(21(31)16-28-26(33)34-27(6,7)8)24(22-17(2)12-10-13-18(22)3)25(32)29-23-19(4)14-11-15-20(23)5/h1,10-15,24H,16H2,2-8H3,(H,28,33)(H,29,32). The number of para-hydroxylation sites is 1. The third-order valence-electron chi connectivity index (χ3n) is 5.24. The molecular formula is C27H33N3O4. The molecular weight excluding hydrogens is 430 g/mol. The number of terminal acetylenes is 1. The maximum atomic E-state index is 13.6. The van der Waals surface area contributed by atoms with E-state index in [2.05, 4.69) is 16.7 Å². The molecule has 0 spiro atoms. The number of benzene rings is 2. The molecule has 0 radical (unpaired) electrons. The van der Waals surface area contributed by atoms with Crippen molar-refractivity contribution in [3.8, 4) is 12.5 Å². The van der Waals surface area contributed by atoms with Crippen molar-refractivity contribution in [3.05, 3.63) is 64.2 Å². The quantitative estimate of drug-likeness (QED) is 0.486. The van der Waals surface area contributed by atoms with Gasteiger partial charge in [0.05, 0.1) is 0 Å². The summed E-state index contributed by atoms with van der Waals surface area (Å²) >= 11 is 0. The molecule has 0 aromatic heterocycles. The number of alkyl carbamates (subject to hydrolysis) is 1. The molecule has 180 valence electrons. The summed E-state index contributed by atoms with van der Waals surface area (Å²) in [6.45, 7) is 12.2. The lowest BCUT2D eigenvalue weighted by Gasteiger charge is -2.29. The molecule has 0 saturated heterocycles. The minimum absolute atomic E-state index is 0.419. The average Bonchev–Trinajstić information content (AvgIpc) is 2.72. The van der Waals surface area contributed by atoms with Crippen LogP contribution in [0, 0.1) is 40.2 Å². The Kier molecular flexibility index (Phi) is 8.47. The number of nitrogens with zero attached hydrogens (tertiary/aromatic N) is 1. The Morgan fingerprint density at radius 1 is 0.971 bits per heavy atom. The summed E-state index contributed by atoms with van der Waals surface area (Å²) in [5.41, 5.74) is 3.99. The molecule has 0 aliphatic carbocycles. The number of amides is 3. The molecule has 0 heterocycles. The van der Waals surface area contributed by atoms with Gasteiger partial charge in [0.25, 0.3) is 11.8 Å². The molecule has 1 unspecified atom stereocenters. The van der Waals surface area contributed by atoms with E-state index in [0.717, 1.165) is 27.2 Å². The molecule has 0 saturated carbocycles. The van der Waals surface area contributed by atoms with Crippen molar-refractivity contribution in [1.29, 1.82) is 0 Å². The predicted molar refractivity (Wildman–Crippen MR) is 133 cm³/mol. The van der Waals surface area contributed by atoms with Crippen LogP contribution < -0.4 is 10.6 Å². The second kappa shape index (κ2) is 10.9. The zero-order chi connectivity index (χ0) is 25.6. The fourth-order valence-electron chi connectivity index (χ4n) is 3.68. The van der Waals surface area contributed by atoms with Crippen molar-refractivity contribution in [2.75, 3.05) is 11.9 Å². The van der Waals surface area contributed by atoms with E-state index in [4.69, 9.17) is 11.2 Å². The van der Waals surface area contributed by atoms with E-state index < -0.39 is 36.1 Å². The van der Waals surface area contributed by atoms with Gasteiger partial charge in [-0.25, -0.2) is 4.79 Å². The van der Waals surface area contributed by atoms with Gasteiger partial charge in [-0.05, 0) is 76.3 Å². The smallest absolute Gasteiger partial charge is 0.408 e. The lowest BCUT2D eigenvalue weighted by Crippen LogP contribution is -2.44. The van der Waals surface area contributed by atoms with E-state index >= 15 is 0 Å². The number of hydrogen-bond donors (Lipinski definition) is 2. The van der Waals surface area contributed by atoms with E-state index in [0.29, 0.717) is 11.3 Å². The number of carbonyl (C=O) groups excluding carboxylic acids is 3. The molecule has 1 atom stereocenters. The lowest BCUT2D eigenvalue weighted by molar-refractivity contribution is -0.134. The van der Waals surface area contributed by atoms with Crippen molar-refractivity contribution >= 4 is 23.6 Å². The van der Waals surface area contributed by atoms with E-state index in [1.54, 1.807) is 20.8 Å². The summed E-state index contributed by atoms with van der Waals surface area (Å²) in [6, 6.07) is 12.5. The van der Waals surface area contributed by atoms with Crippen LogP contribution in [-0.2, 0) is 14.3 Å². The van der Waals surface area contributed by atoms with Gasteiger partial charge in [-0.1, -0.05) is 42.8 Å². The molecule has 0 aliphatic heterocycles. The van der Waals surface area contributed by atoms with Gasteiger partial charge in [-0.15, -0.1) is 0 Å². The molecule has 3 amide bonds. The van der Waals surface area contributed by atoms with E-state index in [9.17, 15) is 14.4 Å². The third-order valence-corrected chi connectivity index (χ3v) is 5.24. The molecule has 7 heteroatoms. The van der Waals surface area contributed by atoms with Crippen molar-refractivity contribution in [3.63, 3.8) is 0 Å². The molecule has 0 bridgehead atoms. The number of rotatable bonds is 6. The summed E-state index contributed by atoms with van der Waals surface area (Å²) < 4.78 is 5.19. The second-order valence-electron chi connectivity index (χ2n) is 9.21. The minimum atomic E-state index is -1.10. The zero-order valence-electron chi connectivity index (χ0n) is 20.9. The normalized spacial score (nSPS) is 11.7. The fourth-order valence-corrected chi connectivity index (χ4v) is 3.68. The summed E-state index contributed by atoms with van der Waals surface area (Å²) in [6.07, 6.45) is 4.99. The number of aryl methyl sites for hydroxylation is 4. The molecule has 34 heavy (non-hydrogen) atoms. The van der Waals surface area contributed by atoms with Crippen molar-refractivity contribution in [2.45, 2.75) is 60.1 Å². The van der Waals surface area contributed by atoms with E-state index in [1.807, 2.05) is 64.1 Å². The highest BCUT2D eigenvalue weighted by Gasteiger charge is 2.33. The number of nitrogens with one attached hydrogen (secondary N) is 2. The Labute approximate surface area is 201 Å². The first-order chi connectivity index (χ1) is 15.9. The Hall–Kier alpha value is -3.79. The van der Waals surface area contributed by atoms with Crippen LogP contribution in [0.5, 0.6) is 0 Å². The summed E-state index contributed by atoms with van der Waals surface area (Å²) in [5.74, 6) is -1.06. The zero-order valence-corrected chi connectivity index (χ0v) is 20.9. The van der Waals surface area contributed by atoms with Gasteiger partial charge in [0.15, 0.2) is 0 Å². The SMILES string of the molecule is C#CN(C(=O)CNC(=O)OC(C)(C)C)C(C(=O)Nc1c(C)cccc1C)c1c(C)cccc1C. The van der Waals surface area contributed by atoms with Gasteiger partial charge in [0.2, 0.25) is 0 Å². The first kappa shape index (κ1) is 26.5. The fraction of sp³-hybridized carbons (Fsp3) is 0.370. The molecule has 0 fully saturated rings. The number of carbonyl (C=O) groups is 3. The molecule has 0 aliphatic rings. The Bertz CT molecular complexity index is 1090. The van der Waals surface area contributed by atoms with Gasteiger partial charge < -0.3 is 15.4 Å². The Morgan fingerprint density at radius 2 is 1.47 bits per heavy atom. The van der Waals surface area contributed by atoms with Crippen LogP contribution in [-0.4, -0.2) is 35.0 Å². The number of ether oxygens (including phenoxy) is 1. The minimum Gasteiger partial charge on any atom is -0.444 e. The van der Waals surface area contributed by atoms with Crippen LogP contribution in [0.2, 0.25) is 0 Å². The van der Waals surface area contributed by atoms with Gasteiger partial charge >= 0.3 is 6.09 Å². The van der Waals surface area contributed by atoms with Gasteiger partial charge in [0.1, 0.15) is 18.2 Å². The maximum Gasteiger partial charge on any atom is 0.408 e. The molecule has 2 rings (SSSR count).